The maximum absolute atomic E-state index is 12.7. The number of amides is 1. The van der Waals surface area contributed by atoms with Crippen LogP contribution in [0.1, 0.15) is 30.9 Å². The van der Waals surface area contributed by atoms with E-state index < -0.39 is 0 Å². The van der Waals surface area contributed by atoms with Gasteiger partial charge in [-0.2, -0.15) is 0 Å². The van der Waals surface area contributed by atoms with Gasteiger partial charge >= 0.3 is 0 Å². The first kappa shape index (κ1) is 21.8. The fourth-order valence-electron chi connectivity index (χ4n) is 3.18. The Hall–Kier alpha value is -2.86. The topological polar surface area (TPSA) is 59.8 Å². The van der Waals surface area contributed by atoms with Gasteiger partial charge in [-0.15, -0.1) is 16.8 Å². The van der Waals surface area contributed by atoms with Crippen LogP contribution in [0.15, 0.2) is 72.4 Å². The molecule has 0 aliphatic carbocycles. The van der Waals surface area contributed by atoms with Crippen LogP contribution in [0.2, 0.25) is 0 Å². The van der Waals surface area contributed by atoms with E-state index in [0.29, 0.717) is 18.2 Å². The second-order valence-electron chi connectivity index (χ2n) is 7.39. The van der Waals surface area contributed by atoms with Crippen LogP contribution in [-0.4, -0.2) is 32.5 Å². The molecule has 3 aromatic rings. The van der Waals surface area contributed by atoms with Crippen molar-refractivity contribution in [2.45, 2.75) is 43.6 Å². The molecule has 156 valence electrons. The summed E-state index contributed by atoms with van der Waals surface area (Å²) in [6.45, 7) is 11.1. The first-order valence-electron chi connectivity index (χ1n) is 10.1. The van der Waals surface area contributed by atoms with E-state index in [1.807, 2.05) is 47.9 Å². The third kappa shape index (κ3) is 5.39. The summed E-state index contributed by atoms with van der Waals surface area (Å²) in [4.78, 5) is 12.7. The Balaban J connectivity index is 1.67. The van der Waals surface area contributed by atoms with Gasteiger partial charge in [0.25, 0.3) is 0 Å². The highest BCUT2D eigenvalue weighted by molar-refractivity contribution is 8.00. The Bertz CT molecular complexity index is 999. The Morgan fingerprint density at radius 2 is 1.93 bits per heavy atom. The standard InChI is InChI=1S/C24H28N4OS/c1-5-14-28-22(21-13-9-10-17(2)15-21)26-27-24(28)30-19(4)23(29)25-16-18(3)20-11-7-6-8-12-20/h5-13,15,18-19H,1,14,16H2,2-4H3,(H,25,29). The minimum Gasteiger partial charge on any atom is -0.355 e. The molecule has 0 saturated heterocycles. The molecule has 1 aromatic heterocycles. The van der Waals surface area contributed by atoms with Gasteiger partial charge in [0.1, 0.15) is 0 Å². The normalized spacial score (nSPS) is 12.9. The monoisotopic (exact) mass is 420 g/mol. The van der Waals surface area contributed by atoms with Crippen LogP contribution < -0.4 is 5.32 Å². The van der Waals surface area contributed by atoms with Crippen molar-refractivity contribution < 1.29 is 4.79 Å². The van der Waals surface area contributed by atoms with Gasteiger partial charge in [-0.25, -0.2) is 0 Å². The molecule has 2 aromatic carbocycles. The number of nitrogens with zero attached hydrogens (tertiary/aromatic N) is 3. The van der Waals surface area contributed by atoms with Crippen molar-refractivity contribution in [3.63, 3.8) is 0 Å². The highest BCUT2D eigenvalue weighted by Gasteiger charge is 2.21. The van der Waals surface area contributed by atoms with Crippen molar-refractivity contribution in [1.82, 2.24) is 20.1 Å². The van der Waals surface area contributed by atoms with Gasteiger partial charge in [0.05, 0.1) is 5.25 Å². The van der Waals surface area contributed by atoms with Crippen molar-refractivity contribution in [3.8, 4) is 11.4 Å². The van der Waals surface area contributed by atoms with Crippen LogP contribution >= 0.6 is 11.8 Å². The zero-order valence-corrected chi connectivity index (χ0v) is 18.5. The van der Waals surface area contributed by atoms with Crippen LogP contribution in [-0.2, 0) is 11.3 Å². The van der Waals surface area contributed by atoms with E-state index in [4.69, 9.17) is 0 Å². The van der Waals surface area contributed by atoms with E-state index in [9.17, 15) is 4.79 Å². The lowest BCUT2D eigenvalue weighted by Gasteiger charge is -2.16. The van der Waals surface area contributed by atoms with Crippen molar-refractivity contribution in [2.24, 2.45) is 0 Å². The van der Waals surface area contributed by atoms with Gasteiger partial charge in [0, 0.05) is 18.7 Å². The van der Waals surface area contributed by atoms with Crippen LogP contribution in [0.3, 0.4) is 0 Å². The van der Waals surface area contributed by atoms with Crippen LogP contribution in [0.25, 0.3) is 11.4 Å². The van der Waals surface area contributed by atoms with Crippen molar-refractivity contribution in [2.75, 3.05) is 6.54 Å². The van der Waals surface area contributed by atoms with Crippen LogP contribution in [0.5, 0.6) is 0 Å². The molecule has 2 atom stereocenters. The van der Waals surface area contributed by atoms with E-state index in [1.54, 1.807) is 0 Å². The lowest BCUT2D eigenvalue weighted by atomic mass is 10.0. The molecule has 0 fully saturated rings. The van der Waals surface area contributed by atoms with Crippen molar-refractivity contribution >= 4 is 17.7 Å². The number of carbonyl (C=O) groups excluding carboxylic acids is 1. The second-order valence-corrected chi connectivity index (χ2v) is 8.70. The zero-order chi connectivity index (χ0) is 21.5. The number of hydrogen-bond acceptors (Lipinski definition) is 4. The van der Waals surface area contributed by atoms with Gasteiger partial charge in [-0.3, -0.25) is 9.36 Å². The predicted octanol–water partition coefficient (Wildman–Crippen LogP) is 4.84. The van der Waals surface area contributed by atoms with E-state index in [0.717, 1.165) is 17.0 Å². The summed E-state index contributed by atoms with van der Waals surface area (Å²) in [5, 5.41) is 12.2. The van der Waals surface area contributed by atoms with Gasteiger partial charge < -0.3 is 5.32 Å². The first-order chi connectivity index (χ1) is 14.5. The summed E-state index contributed by atoms with van der Waals surface area (Å²) in [5.74, 6) is 1.03. The molecule has 1 heterocycles. The second kappa shape index (κ2) is 10.3. The highest BCUT2D eigenvalue weighted by Crippen LogP contribution is 2.27. The van der Waals surface area contributed by atoms with Gasteiger partial charge in [-0.05, 0) is 31.4 Å². The third-order valence-corrected chi connectivity index (χ3v) is 5.99. The van der Waals surface area contributed by atoms with E-state index in [-0.39, 0.29) is 17.1 Å². The Morgan fingerprint density at radius 1 is 1.17 bits per heavy atom. The molecule has 0 saturated carbocycles. The van der Waals surface area contributed by atoms with Crippen molar-refractivity contribution in [1.29, 1.82) is 0 Å². The molecule has 0 bridgehead atoms. The summed E-state index contributed by atoms with van der Waals surface area (Å²) < 4.78 is 2.00. The smallest absolute Gasteiger partial charge is 0.233 e. The molecular weight excluding hydrogens is 392 g/mol. The average molecular weight is 421 g/mol. The number of nitrogens with one attached hydrogen (secondary N) is 1. The maximum Gasteiger partial charge on any atom is 0.233 e. The Morgan fingerprint density at radius 3 is 2.63 bits per heavy atom. The fraction of sp³-hybridized carbons (Fsp3) is 0.292. The number of benzene rings is 2. The SMILES string of the molecule is C=CCn1c(SC(C)C(=O)NCC(C)c2ccccc2)nnc1-c1cccc(C)c1. The summed E-state index contributed by atoms with van der Waals surface area (Å²) in [6.07, 6.45) is 1.82. The summed E-state index contributed by atoms with van der Waals surface area (Å²) in [7, 11) is 0. The number of carbonyl (C=O) groups is 1. The van der Waals surface area contributed by atoms with Crippen molar-refractivity contribution in [3.05, 3.63) is 78.4 Å². The van der Waals surface area contributed by atoms with Gasteiger partial charge in [0.2, 0.25) is 5.91 Å². The molecule has 0 radical (unpaired) electrons. The molecule has 3 rings (SSSR count). The Labute approximate surface area is 182 Å². The first-order valence-corrected chi connectivity index (χ1v) is 11.0. The number of hydrogen-bond donors (Lipinski definition) is 1. The molecule has 1 amide bonds. The number of aryl methyl sites for hydroxylation is 1. The molecule has 0 aliphatic rings. The van der Waals surface area contributed by atoms with Gasteiger partial charge in [-0.1, -0.05) is 78.9 Å². The lowest BCUT2D eigenvalue weighted by molar-refractivity contribution is -0.120. The van der Waals surface area contributed by atoms with E-state index in [2.05, 4.69) is 60.2 Å². The molecule has 0 spiro atoms. The van der Waals surface area contributed by atoms with Gasteiger partial charge in [0.15, 0.2) is 11.0 Å². The summed E-state index contributed by atoms with van der Waals surface area (Å²) >= 11 is 1.41. The van der Waals surface area contributed by atoms with Crippen LogP contribution in [0, 0.1) is 6.92 Å². The minimum atomic E-state index is -0.286. The molecule has 2 unspecified atom stereocenters. The molecule has 0 aliphatic heterocycles. The zero-order valence-electron chi connectivity index (χ0n) is 17.7. The quantitative estimate of drug-likeness (QED) is 0.397. The average Bonchev–Trinajstić information content (AvgIpc) is 3.14. The maximum atomic E-state index is 12.7. The highest BCUT2D eigenvalue weighted by atomic mass is 32.2. The van der Waals surface area contributed by atoms with E-state index >= 15 is 0 Å². The van der Waals surface area contributed by atoms with Crippen LogP contribution in [0.4, 0.5) is 0 Å². The molecule has 5 nitrogen and oxygen atoms in total. The number of thioether (sulfide) groups is 1. The molecule has 30 heavy (non-hydrogen) atoms. The predicted molar refractivity (Wildman–Crippen MR) is 124 cm³/mol. The molecule has 6 heteroatoms. The number of rotatable bonds is 9. The fourth-order valence-corrected chi connectivity index (χ4v) is 4.06. The minimum absolute atomic E-state index is 0.00644. The lowest BCUT2D eigenvalue weighted by Crippen LogP contribution is -2.33. The third-order valence-electron chi connectivity index (χ3n) is 4.91. The summed E-state index contributed by atoms with van der Waals surface area (Å²) in [6, 6.07) is 18.4. The molecule has 1 N–H and O–H groups in total. The number of aromatic nitrogens is 3. The number of allylic oxidation sites excluding steroid dienone is 1. The summed E-state index contributed by atoms with van der Waals surface area (Å²) in [5.41, 5.74) is 3.38. The molecular formula is C24H28N4OS. The largest absolute Gasteiger partial charge is 0.355 e. The Kier molecular flexibility index (Phi) is 7.46. The van der Waals surface area contributed by atoms with E-state index in [1.165, 1.54) is 17.3 Å².